The molecular weight excluding hydrogens is 298 g/mol. The molecule has 0 saturated heterocycles. The maximum atomic E-state index is 12.0. The van der Waals surface area contributed by atoms with Crippen LogP contribution in [0.4, 0.5) is 5.69 Å². The molecule has 0 bridgehead atoms. The quantitative estimate of drug-likeness (QED) is 0.829. The smallest absolute Gasteiger partial charge is 0.342 e. The Bertz CT molecular complexity index is 699. The number of nitrogens with one attached hydrogen (secondary N) is 1. The lowest BCUT2D eigenvalue weighted by atomic mass is 10.2. The van der Waals surface area contributed by atoms with Gasteiger partial charge < -0.3 is 19.5 Å². The highest BCUT2D eigenvalue weighted by atomic mass is 16.5. The van der Waals surface area contributed by atoms with Gasteiger partial charge in [-0.2, -0.15) is 0 Å². The molecule has 0 radical (unpaired) electrons. The van der Waals surface area contributed by atoms with Crippen LogP contribution in [0.3, 0.4) is 0 Å². The summed E-state index contributed by atoms with van der Waals surface area (Å²) in [7, 11) is 3.00. The minimum absolute atomic E-state index is 0.268. The van der Waals surface area contributed by atoms with Crippen molar-refractivity contribution in [1.29, 1.82) is 0 Å². The summed E-state index contributed by atoms with van der Waals surface area (Å²) in [5, 5.41) is 2.62. The van der Waals surface area contributed by atoms with Gasteiger partial charge in [0.25, 0.3) is 5.91 Å². The normalized spacial score (nSPS) is 9.83. The van der Waals surface area contributed by atoms with E-state index in [0.29, 0.717) is 17.2 Å². The minimum atomic E-state index is -0.622. The molecule has 0 aromatic heterocycles. The molecule has 0 aliphatic heterocycles. The van der Waals surface area contributed by atoms with Crippen LogP contribution >= 0.6 is 0 Å². The summed E-state index contributed by atoms with van der Waals surface area (Å²) >= 11 is 0. The number of rotatable bonds is 6. The van der Waals surface area contributed by atoms with Gasteiger partial charge >= 0.3 is 5.97 Å². The van der Waals surface area contributed by atoms with Gasteiger partial charge in [0.2, 0.25) is 0 Å². The Kier molecular flexibility index (Phi) is 5.57. The molecule has 0 unspecified atom stereocenters. The number of ether oxygens (including phenoxy) is 3. The fraction of sp³-hybridized carbons (Fsp3) is 0.176. The summed E-state index contributed by atoms with van der Waals surface area (Å²) in [4.78, 5) is 23.8. The Hall–Kier alpha value is -3.02. The maximum Gasteiger partial charge on any atom is 0.342 e. The molecule has 2 aromatic rings. The van der Waals surface area contributed by atoms with Gasteiger partial charge in [-0.15, -0.1) is 0 Å². The van der Waals surface area contributed by atoms with Crippen LogP contribution in [0.2, 0.25) is 0 Å². The van der Waals surface area contributed by atoms with Gasteiger partial charge in [0.05, 0.1) is 14.2 Å². The first kappa shape index (κ1) is 16.4. The third-order valence-electron chi connectivity index (χ3n) is 3.01. The van der Waals surface area contributed by atoms with E-state index in [-0.39, 0.29) is 5.56 Å². The number of hydrogen-bond donors (Lipinski definition) is 1. The van der Waals surface area contributed by atoms with Crippen molar-refractivity contribution >= 4 is 17.6 Å². The molecule has 6 nitrogen and oxygen atoms in total. The number of carbonyl (C=O) groups is 2. The molecule has 2 rings (SSSR count). The molecule has 0 heterocycles. The molecular formula is C17H17NO5. The van der Waals surface area contributed by atoms with E-state index in [1.165, 1.54) is 14.2 Å². The molecule has 1 N–H and O–H groups in total. The number of methoxy groups -OCH3 is 2. The van der Waals surface area contributed by atoms with E-state index in [9.17, 15) is 9.59 Å². The summed E-state index contributed by atoms with van der Waals surface area (Å²) in [5.41, 5.74) is 0.826. The Labute approximate surface area is 134 Å². The van der Waals surface area contributed by atoms with Crippen LogP contribution in [0.15, 0.2) is 48.5 Å². The van der Waals surface area contributed by atoms with Crippen molar-refractivity contribution in [3.05, 3.63) is 54.1 Å². The van der Waals surface area contributed by atoms with Crippen molar-refractivity contribution < 1.29 is 23.8 Å². The van der Waals surface area contributed by atoms with Crippen LogP contribution in [-0.2, 0) is 9.53 Å². The molecule has 0 aliphatic rings. The minimum Gasteiger partial charge on any atom is -0.497 e. The van der Waals surface area contributed by atoms with Crippen LogP contribution in [-0.4, -0.2) is 32.7 Å². The summed E-state index contributed by atoms with van der Waals surface area (Å²) in [6.45, 7) is -0.395. The van der Waals surface area contributed by atoms with Gasteiger partial charge in [0, 0.05) is 11.8 Å². The average molecular weight is 315 g/mol. The summed E-state index contributed by atoms with van der Waals surface area (Å²) < 4.78 is 15.1. The zero-order chi connectivity index (χ0) is 16.7. The van der Waals surface area contributed by atoms with Crippen molar-refractivity contribution in [3.63, 3.8) is 0 Å². The third kappa shape index (κ3) is 4.47. The number of hydrogen-bond acceptors (Lipinski definition) is 5. The molecule has 120 valence electrons. The van der Waals surface area contributed by atoms with E-state index in [1.807, 2.05) is 0 Å². The second-order valence-electron chi connectivity index (χ2n) is 4.56. The monoisotopic (exact) mass is 315 g/mol. The molecule has 0 spiro atoms. The van der Waals surface area contributed by atoms with Crippen molar-refractivity contribution in [3.8, 4) is 11.5 Å². The zero-order valence-electron chi connectivity index (χ0n) is 12.9. The summed E-state index contributed by atoms with van der Waals surface area (Å²) in [6, 6.07) is 13.5. The highest BCUT2D eigenvalue weighted by molar-refractivity contribution is 5.96. The second-order valence-corrected chi connectivity index (χ2v) is 4.56. The summed E-state index contributed by atoms with van der Waals surface area (Å²) in [6.07, 6.45) is 0. The molecule has 23 heavy (non-hydrogen) atoms. The maximum absolute atomic E-state index is 12.0. The molecule has 0 aliphatic carbocycles. The van der Waals surface area contributed by atoms with E-state index in [1.54, 1.807) is 48.5 Å². The number of benzene rings is 2. The zero-order valence-corrected chi connectivity index (χ0v) is 12.9. The van der Waals surface area contributed by atoms with Gasteiger partial charge in [-0.3, -0.25) is 4.79 Å². The molecule has 0 fully saturated rings. The Morgan fingerprint density at radius 1 is 1.00 bits per heavy atom. The van der Waals surface area contributed by atoms with Crippen molar-refractivity contribution in [2.24, 2.45) is 0 Å². The van der Waals surface area contributed by atoms with E-state index < -0.39 is 18.5 Å². The van der Waals surface area contributed by atoms with E-state index in [2.05, 4.69) is 5.32 Å². The van der Waals surface area contributed by atoms with Crippen LogP contribution in [0.1, 0.15) is 10.4 Å². The molecule has 6 heteroatoms. The first-order valence-electron chi connectivity index (χ1n) is 6.88. The van der Waals surface area contributed by atoms with E-state index in [0.717, 1.165) is 0 Å². The third-order valence-corrected chi connectivity index (χ3v) is 3.01. The highest BCUT2D eigenvalue weighted by Gasteiger charge is 2.14. The van der Waals surface area contributed by atoms with E-state index in [4.69, 9.17) is 14.2 Å². The van der Waals surface area contributed by atoms with Gasteiger partial charge in [0.15, 0.2) is 6.61 Å². The molecule has 2 aromatic carbocycles. The van der Waals surface area contributed by atoms with E-state index >= 15 is 0 Å². The lowest BCUT2D eigenvalue weighted by Gasteiger charge is -2.09. The second kappa shape index (κ2) is 7.84. The van der Waals surface area contributed by atoms with Crippen LogP contribution in [0, 0.1) is 0 Å². The standard InChI is InChI=1S/C17H17NO5/c1-21-13-7-5-6-12(10-13)18-16(19)11-23-17(20)14-8-3-4-9-15(14)22-2/h3-10H,11H2,1-2H3,(H,18,19). The summed E-state index contributed by atoms with van der Waals surface area (Å²) in [5.74, 6) is -0.0516. The lowest BCUT2D eigenvalue weighted by Crippen LogP contribution is -2.21. The Morgan fingerprint density at radius 2 is 1.78 bits per heavy atom. The Balaban J connectivity index is 1.92. The molecule has 0 atom stereocenters. The van der Waals surface area contributed by atoms with Crippen LogP contribution in [0.25, 0.3) is 0 Å². The topological polar surface area (TPSA) is 73.9 Å². The predicted octanol–water partition coefficient (Wildman–Crippen LogP) is 2.50. The van der Waals surface area contributed by atoms with Crippen molar-refractivity contribution in [1.82, 2.24) is 0 Å². The highest BCUT2D eigenvalue weighted by Crippen LogP contribution is 2.19. The lowest BCUT2D eigenvalue weighted by molar-refractivity contribution is -0.119. The van der Waals surface area contributed by atoms with Gasteiger partial charge in [-0.1, -0.05) is 18.2 Å². The Morgan fingerprint density at radius 3 is 2.52 bits per heavy atom. The first-order chi connectivity index (χ1) is 11.1. The number of amides is 1. The SMILES string of the molecule is COc1cccc(NC(=O)COC(=O)c2ccccc2OC)c1. The number of carbonyl (C=O) groups excluding carboxylic acids is 2. The molecule has 0 saturated carbocycles. The number of anilines is 1. The molecule has 1 amide bonds. The van der Waals surface area contributed by atoms with Crippen LogP contribution in [0.5, 0.6) is 11.5 Å². The first-order valence-corrected chi connectivity index (χ1v) is 6.88. The fourth-order valence-corrected chi connectivity index (χ4v) is 1.92. The van der Waals surface area contributed by atoms with Gasteiger partial charge in [-0.05, 0) is 24.3 Å². The average Bonchev–Trinajstić information content (AvgIpc) is 2.59. The largest absolute Gasteiger partial charge is 0.497 e. The van der Waals surface area contributed by atoms with Crippen LogP contribution < -0.4 is 14.8 Å². The fourth-order valence-electron chi connectivity index (χ4n) is 1.92. The van der Waals surface area contributed by atoms with Gasteiger partial charge in [-0.25, -0.2) is 4.79 Å². The predicted molar refractivity (Wildman–Crippen MR) is 84.9 cm³/mol. The number of esters is 1. The van der Waals surface area contributed by atoms with Gasteiger partial charge in [0.1, 0.15) is 17.1 Å². The van der Waals surface area contributed by atoms with Crippen molar-refractivity contribution in [2.45, 2.75) is 0 Å². The number of para-hydroxylation sites is 1. The van der Waals surface area contributed by atoms with Crippen molar-refractivity contribution in [2.75, 3.05) is 26.1 Å².